The summed E-state index contributed by atoms with van der Waals surface area (Å²) < 4.78 is 0. The van der Waals surface area contributed by atoms with Gasteiger partial charge in [0.05, 0.1) is 0 Å². The lowest BCUT2D eigenvalue weighted by Crippen LogP contribution is -1.97. The van der Waals surface area contributed by atoms with Crippen LogP contribution >= 0.6 is 0 Å². The molecule has 0 heterocycles. The van der Waals surface area contributed by atoms with E-state index in [4.69, 9.17) is 0 Å². The molecular formula is C32H56O2. The van der Waals surface area contributed by atoms with Gasteiger partial charge in [-0.05, 0) is 77.0 Å². The summed E-state index contributed by atoms with van der Waals surface area (Å²) in [5, 5.41) is 0. The summed E-state index contributed by atoms with van der Waals surface area (Å²) in [7, 11) is 0. The fraction of sp³-hybridized carbons (Fsp3) is 0.812. The average molecular weight is 473 g/mol. The second kappa shape index (κ2) is 24.9. The summed E-state index contributed by atoms with van der Waals surface area (Å²) in [6, 6.07) is 0. The Bertz CT molecular complexity index is 483. The molecule has 2 nitrogen and oxygen atoms in total. The number of carbonyl (C=O) groups excluding carboxylic acids is 2. The third-order valence-electron chi connectivity index (χ3n) is 7.14. The molecular weight excluding hydrogens is 416 g/mol. The third-order valence-corrected chi connectivity index (χ3v) is 7.14. The molecule has 2 heteroatoms. The standard InChI is InChI=1S/2C16H28O/c2*17-16-14-12-10-8-6-4-2-1-3-5-7-9-11-13-15-16/h2*1-2H,3-15H2/b2*2-1+. The molecule has 0 saturated heterocycles. The molecule has 2 aliphatic carbocycles. The molecule has 0 aromatic rings. The van der Waals surface area contributed by atoms with Gasteiger partial charge >= 0.3 is 0 Å². The van der Waals surface area contributed by atoms with Crippen LogP contribution in [0.25, 0.3) is 0 Å². The van der Waals surface area contributed by atoms with E-state index in [0.29, 0.717) is 11.6 Å². The first-order valence-electron chi connectivity index (χ1n) is 15.1. The van der Waals surface area contributed by atoms with E-state index >= 15 is 0 Å². The largest absolute Gasteiger partial charge is 0.300 e. The van der Waals surface area contributed by atoms with Crippen molar-refractivity contribution in [3.63, 3.8) is 0 Å². The van der Waals surface area contributed by atoms with Crippen LogP contribution in [0.15, 0.2) is 24.3 Å². The monoisotopic (exact) mass is 472 g/mol. The van der Waals surface area contributed by atoms with Gasteiger partial charge in [0.15, 0.2) is 0 Å². The normalized spacial score (nSPS) is 24.4. The summed E-state index contributed by atoms with van der Waals surface area (Å²) in [5.41, 5.74) is 0. The van der Waals surface area contributed by atoms with Crippen LogP contribution in [0, 0.1) is 0 Å². The second-order valence-electron chi connectivity index (χ2n) is 10.5. The van der Waals surface area contributed by atoms with E-state index < -0.39 is 0 Å². The van der Waals surface area contributed by atoms with Crippen LogP contribution in [-0.4, -0.2) is 11.6 Å². The van der Waals surface area contributed by atoms with Crippen molar-refractivity contribution in [2.24, 2.45) is 0 Å². The molecule has 0 saturated carbocycles. The van der Waals surface area contributed by atoms with Gasteiger partial charge in [-0.2, -0.15) is 0 Å². The molecule has 196 valence electrons. The molecule has 0 N–H and O–H groups in total. The molecule has 2 rings (SSSR count). The van der Waals surface area contributed by atoms with Gasteiger partial charge in [-0.3, -0.25) is 9.59 Å². The van der Waals surface area contributed by atoms with E-state index in [9.17, 15) is 9.59 Å². The van der Waals surface area contributed by atoms with Crippen LogP contribution < -0.4 is 0 Å². The van der Waals surface area contributed by atoms with Crippen molar-refractivity contribution in [1.29, 1.82) is 0 Å². The van der Waals surface area contributed by atoms with Crippen LogP contribution in [0.2, 0.25) is 0 Å². The molecule has 0 amide bonds. The first-order valence-corrected chi connectivity index (χ1v) is 15.1. The van der Waals surface area contributed by atoms with E-state index in [1.165, 1.54) is 116 Å². The molecule has 0 spiro atoms. The minimum atomic E-state index is 0.497. The average Bonchev–Trinajstić information content (AvgIpc) is 2.83. The van der Waals surface area contributed by atoms with Crippen molar-refractivity contribution in [2.45, 2.75) is 167 Å². The number of carbonyl (C=O) groups is 2. The SMILES string of the molecule is O=C1CCCCCC/C=C/CCCCCCC1.O=C1CCCCCC/C=C/CCCCCCC1. The summed E-state index contributed by atoms with van der Waals surface area (Å²) in [6.45, 7) is 0. The van der Waals surface area contributed by atoms with Crippen molar-refractivity contribution in [1.82, 2.24) is 0 Å². The maximum Gasteiger partial charge on any atom is 0.132 e. The molecule has 0 aromatic heterocycles. The topological polar surface area (TPSA) is 34.1 Å². The Morgan fingerprint density at radius 2 is 0.500 bits per heavy atom. The zero-order valence-corrected chi connectivity index (χ0v) is 22.5. The lowest BCUT2D eigenvalue weighted by Gasteiger charge is -2.03. The molecule has 0 aromatic carbocycles. The van der Waals surface area contributed by atoms with E-state index in [1.54, 1.807) is 0 Å². The second-order valence-corrected chi connectivity index (χ2v) is 10.5. The quantitative estimate of drug-likeness (QED) is 0.328. The predicted octanol–water partition coefficient (Wildman–Crippen LogP) is 10.4. The van der Waals surface area contributed by atoms with Crippen molar-refractivity contribution >= 4 is 11.6 Å². The zero-order valence-electron chi connectivity index (χ0n) is 22.5. The van der Waals surface area contributed by atoms with Crippen LogP contribution in [0.1, 0.15) is 167 Å². The van der Waals surface area contributed by atoms with Gasteiger partial charge in [-0.1, -0.05) is 88.5 Å². The highest BCUT2D eigenvalue weighted by Crippen LogP contribution is 2.14. The molecule has 0 atom stereocenters. The Kier molecular flexibility index (Phi) is 22.6. The van der Waals surface area contributed by atoms with Crippen LogP contribution in [0.3, 0.4) is 0 Å². The first kappa shape index (κ1) is 30.9. The van der Waals surface area contributed by atoms with Crippen molar-refractivity contribution < 1.29 is 9.59 Å². The Hall–Kier alpha value is -1.18. The fourth-order valence-corrected chi connectivity index (χ4v) is 4.83. The molecule has 0 bridgehead atoms. The highest BCUT2D eigenvalue weighted by atomic mass is 16.1. The van der Waals surface area contributed by atoms with E-state index in [-0.39, 0.29) is 0 Å². The molecule has 0 unspecified atom stereocenters. The maximum absolute atomic E-state index is 11.6. The van der Waals surface area contributed by atoms with Gasteiger partial charge in [-0.15, -0.1) is 0 Å². The van der Waals surface area contributed by atoms with E-state index in [1.807, 2.05) is 0 Å². The maximum atomic E-state index is 11.6. The number of rotatable bonds is 0. The van der Waals surface area contributed by atoms with Crippen molar-refractivity contribution in [3.8, 4) is 0 Å². The minimum absolute atomic E-state index is 0.497. The molecule has 0 radical (unpaired) electrons. The lowest BCUT2D eigenvalue weighted by molar-refractivity contribution is -0.120. The van der Waals surface area contributed by atoms with E-state index in [0.717, 1.165) is 51.4 Å². The molecule has 34 heavy (non-hydrogen) atoms. The number of hydrogen-bond acceptors (Lipinski definition) is 2. The third kappa shape index (κ3) is 22.6. The lowest BCUT2D eigenvalue weighted by atomic mass is 10.0. The van der Waals surface area contributed by atoms with Gasteiger partial charge in [0.25, 0.3) is 0 Å². The van der Waals surface area contributed by atoms with Gasteiger partial charge in [0, 0.05) is 25.7 Å². The first-order chi connectivity index (χ1) is 16.8. The predicted molar refractivity (Wildman–Crippen MR) is 148 cm³/mol. The van der Waals surface area contributed by atoms with Crippen LogP contribution in [0.5, 0.6) is 0 Å². The van der Waals surface area contributed by atoms with Gasteiger partial charge < -0.3 is 0 Å². The Labute approximate surface area is 212 Å². The fourth-order valence-electron chi connectivity index (χ4n) is 4.83. The van der Waals surface area contributed by atoms with Crippen molar-refractivity contribution in [2.75, 3.05) is 0 Å². The zero-order chi connectivity index (χ0) is 24.4. The van der Waals surface area contributed by atoms with Crippen LogP contribution in [-0.2, 0) is 9.59 Å². The smallest absolute Gasteiger partial charge is 0.132 e. The van der Waals surface area contributed by atoms with Gasteiger partial charge in [0.1, 0.15) is 11.6 Å². The Morgan fingerprint density at radius 1 is 0.294 bits per heavy atom. The molecule has 0 fully saturated rings. The highest BCUT2D eigenvalue weighted by molar-refractivity contribution is 5.78. The molecule has 2 aliphatic rings. The van der Waals surface area contributed by atoms with E-state index in [2.05, 4.69) is 24.3 Å². The highest BCUT2D eigenvalue weighted by Gasteiger charge is 2.03. The Balaban J connectivity index is 0.000000340. The minimum Gasteiger partial charge on any atom is -0.300 e. The summed E-state index contributed by atoms with van der Waals surface area (Å²) >= 11 is 0. The number of Topliss-reactive ketones (excluding diaryl/α,β-unsaturated/α-hetero) is 2. The van der Waals surface area contributed by atoms with Gasteiger partial charge in [-0.25, -0.2) is 0 Å². The Morgan fingerprint density at radius 3 is 0.765 bits per heavy atom. The number of hydrogen-bond donors (Lipinski definition) is 0. The summed E-state index contributed by atoms with van der Waals surface area (Å²) in [5.74, 6) is 0.994. The number of allylic oxidation sites excluding steroid dienone is 4. The summed E-state index contributed by atoms with van der Waals surface area (Å²) in [6.07, 6.45) is 40.2. The van der Waals surface area contributed by atoms with Gasteiger partial charge in [0.2, 0.25) is 0 Å². The molecule has 0 aliphatic heterocycles. The van der Waals surface area contributed by atoms with Crippen LogP contribution in [0.4, 0.5) is 0 Å². The van der Waals surface area contributed by atoms with Crippen molar-refractivity contribution in [3.05, 3.63) is 24.3 Å². The number of ketones is 2. The summed E-state index contributed by atoms with van der Waals surface area (Å²) in [4.78, 5) is 23.1.